The van der Waals surface area contributed by atoms with Crippen molar-refractivity contribution >= 4 is 41.2 Å². The van der Waals surface area contributed by atoms with Gasteiger partial charge in [-0.2, -0.15) is 0 Å². The van der Waals surface area contributed by atoms with Gasteiger partial charge in [0.1, 0.15) is 12.4 Å². The largest absolute Gasteiger partial charge is 0.478 e. The lowest BCUT2D eigenvalue weighted by Crippen LogP contribution is -2.47. The quantitative estimate of drug-likeness (QED) is 0.499. The third-order valence-corrected chi connectivity index (χ3v) is 5.54. The number of fused-ring (bicyclic) bond motifs is 1. The smallest absolute Gasteiger partial charge is 0.338 e. The molecule has 11 heteroatoms. The molecule has 2 aliphatic heterocycles. The molecule has 2 atom stereocenters. The van der Waals surface area contributed by atoms with Crippen LogP contribution in [0.4, 0.5) is 10.5 Å². The van der Waals surface area contributed by atoms with Gasteiger partial charge in [-0.15, -0.1) is 0 Å². The molecule has 3 N–H and O–H groups in total. The monoisotopic (exact) mass is 499 g/mol. The molecule has 3 amide bonds. The summed E-state index contributed by atoms with van der Waals surface area (Å²) in [5, 5.41) is 8.35. The second-order valence-corrected chi connectivity index (χ2v) is 8.09. The zero-order valence-corrected chi connectivity index (χ0v) is 19.4. The van der Waals surface area contributed by atoms with E-state index in [0.29, 0.717) is 22.0 Å². The Labute approximate surface area is 205 Å². The van der Waals surface area contributed by atoms with Crippen LogP contribution >= 0.6 is 11.6 Å². The summed E-state index contributed by atoms with van der Waals surface area (Å²) >= 11 is 5.96. The van der Waals surface area contributed by atoms with Crippen LogP contribution in [0.5, 0.6) is 5.75 Å². The molecule has 0 fully saturated rings. The lowest BCUT2D eigenvalue weighted by Gasteiger charge is -2.29. The van der Waals surface area contributed by atoms with Crippen molar-refractivity contribution in [1.29, 1.82) is 0 Å². The van der Waals surface area contributed by atoms with Crippen LogP contribution in [0.15, 0.2) is 59.8 Å². The minimum absolute atomic E-state index is 0.0693. The van der Waals surface area contributed by atoms with Gasteiger partial charge in [-0.25, -0.2) is 9.59 Å². The van der Waals surface area contributed by atoms with Gasteiger partial charge in [0.15, 0.2) is 6.10 Å². The molecule has 0 spiro atoms. The Morgan fingerprint density at radius 1 is 1.03 bits per heavy atom. The number of hydrogen-bond acceptors (Lipinski definition) is 7. The van der Waals surface area contributed by atoms with Crippen molar-refractivity contribution in [3.05, 3.63) is 70.4 Å². The van der Waals surface area contributed by atoms with Crippen LogP contribution in [-0.4, -0.2) is 43.2 Å². The van der Waals surface area contributed by atoms with Gasteiger partial charge in [-0.3, -0.25) is 9.59 Å². The molecule has 35 heavy (non-hydrogen) atoms. The Morgan fingerprint density at radius 2 is 1.77 bits per heavy atom. The van der Waals surface area contributed by atoms with Crippen LogP contribution in [0.1, 0.15) is 24.9 Å². The zero-order chi connectivity index (χ0) is 24.9. The summed E-state index contributed by atoms with van der Waals surface area (Å²) in [5.41, 5.74) is 1.25. The summed E-state index contributed by atoms with van der Waals surface area (Å²) in [6.45, 7) is 1.33. The van der Waals surface area contributed by atoms with Gasteiger partial charge in [-0.1, -0.05) is 35.9 Å². The molecule has 0 saturated heterocycles. The highest BCUT2D eigenvalue weighted by Gasteiger charge is 2.35. The van der Waals surface area contributed by atoms with Gasteiger partial charge >= 0.3 is 18.0 Å². The molecule has 4 rings (SSSR count). The Kier molecular flexibility index (Phi) is 7.21. The van der Waals surface area contributed by atoms with Gasteiger partial charge in [0.25, 0.3) is 5.91 Å². The summed E-state index contributed by atoms with van der Waals surface area (Å²) in [7, 11) is 0. The number of ether oxygens (including phenoxy) is 3. The number of amides is 3. The van der Waals surface area contributed by atoms with Crippen molar-refractivity contribution in [2.45, 2.75) is 25.5 Å². The molecule has 2 heterocycles. The second kappa shape index (κ2) is 10.5. The van der Waals surface area contributed by atoms with Crippen LogP contribution in [0.25, 0.3) is 0 Å². The molecule has 0 aromatic heterocycles. The molecule has 182 valence electrons. The predicted octanol–water partition coefficient (Wildman–Crippen LogP) is 2.84. The molecule has 0 unspecified atom stereocenters. The Bertz CT molecular complexity index is 1200. The first-order valence-corrected chi connectivity index (χ1v) is 11.2. The molecule has 0 bridgehead atoms. The van der Waals surface area contributed by atoms with Crippen molar-refractivity contribution in [3.8, 4) is 5.75 Å². The lowest BCUT2D eigenvalue weighted by molar-refractivity contribution is -0.147. The van der Waals surface area contributed by atoms with Crippen molar-refractivity contribution in [1.82, 2.24) is 10.6 Å². The van der Waals surface area contributed by atoms with Crippen molar-refractivity contribution < 1.29 is 33.4 Å². The normalized spacial score (nSPS) is 18.9. The molecule has 2 aliphatic rings. The average Bonchev–Trinajstić information content (AvgIpc) is 2.83. The van der Waals surface area contributed by atoms with Crippen LogP contribution in [-0.2, 0) is 23.9 Å². The molecule has 2 aromatic rings. The molecular formula is C24H22ClN3O7. The van der Waals surface area contributed by atoms with Gasteiger partial charge < -0.3 is 30.2 Å². The van der Waals surface area contributed by atoms with Crippen molar-refractivity contribution in [3.63, 3.8) is 0 Å². The van der Waals surface area contributed by atoms with E-state index >= 15 is 0 Å². The van der Waals surface area contributed by atoms with E-state index in [-0.39, 0.29) is 24.3 Å². The maximum absolute atomic E-state index is 12.8. The maximum Gasteiger partial charge on any atom is 0.338 e. The van der Waals surface area contributed by atoms with E-state index in [1.54, 1.807) is 55.5 Å². The number of para-hydroxylation sites is 2. The predicted molar refractivity (Wildman–Crippen MR) is 125 cm³/mol. The van der Waals surface area contributed by atoms with E-state index in [1.807, 2.05) is 0 Å². The highest BCUT2D eigenvalue weighted by molar-refractivity contribution is 6.30. The fourth-order valence-corrected chi connectivity index (χ4v) is 3.80. The van der Waals surface area contributed by atoms with E-state index < -0.39 is 42.6 Å². The van der Waals surface area contributed by atoms with E-state index in [2.05, 4.69) is 16.0 Å². The van der Waals surface area contributed by atoms with E-state index in [9.17, 15) is 19.2 Å². The van der Waals surface area contributed by atoms with E-state index in [4.69, 9.17) is 25.8 Å². The zero-order valence-electron chi connectivity index (χ0n) is 18.6. The van der Waals surface area contributed by atoms with Gasteiger partial charge in [0, 0.05) is 5.02 Å². The van der Waals surface area contributed by atoms with Crippen LogP contribution in [0, 0.1) is 0 Å². The Balaban J connectivity index is 1.51. The number of urea groups is 1. The summed E-state index contributed by atoms with van der Waals surface area (Å²) < 4.78 is 16.1. The summed E-state index contributed by atoms with van der Waals surface area (Å²) in [6, 6.07) is 12.0. The summed E-state index contributed by atoms with van der Waals surface area (Å²) in [6.07, 6.45) is -1.45. The fourth-order valence-electron chi connectivity index (χ4n) is 3.68. The van der Waals surface area contributed by atoms with Crippen LogP contribution in [0.2, 0.25) is 5.02 Å². The first-order valence-electron chi connectivity index (χ1n) is 10.8. The van der Waals surface area contributed by atoms with Gasteiger partial charge in [0.05, 0.1) is 36.0 Å². The van der Waals surface area contributed by atoms with Crippen molar-refractivity contribution in [2.75, 3.05) is 18.5 Å². The van der Waals surface area contributed by atoms with Gasteiger partial charge in [-0.05, 0) is 36.8 Å². The second-order valence-electron chi connectivity index (χ2n) is 7.65. The topological polar surface area (TPSA) is 132 Å². The highest BCUT2D eigenvalue weighted by Crippen LogP contribution is 2.31. The average molecular weight is 500 g/mol. The third-order valence-electron chi connectivity index (χ3n) is 5.29. The fraction of sp³-hybridized carbons (Fsp3) is 0.250. The highest BCUT2D eigenvalue weighted by atomic mass is 35.5. The molecule has 0 saturated carbocycles. The standard InChI is InChI=1S/C24H22ClN3O7/c1-2-33-23(31)20-16(27-24(32)28-21(20)13-7-9-14(25)10-8-13)12-34-19(29)11-18-22(30)26-15-5-3-4-6-17(15)35-18/h3-10,18,21H,2,11-12H2,1H3,(H,26,30)(H2,27,28,32)/t18-,21-/m1/s1. The third kappa shape index (κ3) is 5.55. The number of hydrogen-bond donors (Lipinski definition) is 3. The van der Waals surface area contributed by atoms with E-state index in [1.165, 1.54) is 0 Å². The SMILES string of the molecule is CCOC(=O)C1=C(COC(=O)C[C@H]2Oc3ccccc3NC2=O)NC(=O)N[C@@H]1c1ccc(Cl)cc1. The minimum Gasteiger partial charge on any atom is -0.478 e. The minimum atomic E-state index is -1.08. The Morgan fingerprint density at radius 3 is 2.51 bits per heavy atom. The van der Waals surface area contributed by atoms with E-state index in [0.717, 1.165) is 0 Å². The van der Waals surface area contributed by atoms with Crippen LogP contribution < -0.4 is 20.7 Å². The number of carbonyl (C=O) groups is 4. The first-order chi connectivity index (χ1) is 16.9. The maximum atomic E-state index is 12.8. The molecule has 0 aliphatic carbocycles. The summed E-state index contributed by atoms with van der Waals surface area (Å²) in [4.78, 5) is 49.9. The van der Waals surface area contributed by atoms with Crippen LogP contribution in [0.3, 0.4) is 0 Å². The van der Waals surface area contributed by atoms with Crippen molar-refractivity contribution in [2.24, 2.45) is 0 Å². The molecule has 10 nitrogen and oxygen atoms in total. The summed E-state index contributed by atoms with van der Waals surface area (Å²) in [5.74, 6) is -1.48. The number of benzene rings is 2. The molecule has 0 radical (unpaired) electrons. The number of nitrogens with one attached hydrogen (secondary N) is 3. The first kappa shape index (κ1) is 24.1. The van der Waals surface area contributed by atoms with Gasteiger partial charge in [0.2, 0.25) is 0 Å². The number of rotatable bonds is 7. The Hall–Kier alpha value is -4.05. The molecule has 2 aromatic carbocycles. The molecular weight excluding hydrogens is 478 g/mol. The number of halogens is 1. The number of anilines is 1. The lowest BCUT2D eigenvalue weighted by atomic mass is 9.95. The number of esters is 2. The number of carbonyl (C=O) groups excluding carboxylic acids is 4.